The summed E-state index contributed by atoms with van der Waals surface area (Å²) < 4.78 is 22.3. The molecule has 0 radical (unpaired) electrons. The Kier molecular flexibility index (Phi) is 7.70. The number of carbonyl (C=O) groups is 1. The lowest BCUT2D eigenvalue weighted by atomic mass is 10.1. The van der Waals surface area contributed by atoms with E-state index in [2.05, 4.69) is 26.9 Å². The second kappa shape index (κ2) is 10.3. The number of carbonyl (C=O) groups excluding carboxylic acids is 1. The van der Waals surface area contributed by atoms with E-state index >= 15 is 0 Å². The van der Waals surface area contributed by atoms with E-state index in [-0.39, 0.29) is 18.4 Å². The van der Waals surface area contributed by atoms with Crippen molar-refractivity contribution < 1.29 is 13.6 Å². The molecule has 0 saturated carbocycles. The smallest absolute Gasteiger partial charge is 0.259 e. The van der Waals surface area contributed by atoms with Crippen LogP contribution in [0, 0.1) is 13.8 Å². The molecule has 3 N–H and O–H groups in total. The molecule has 0 aliphatic rings. The van der Waals surface area contributed by atoms with Crippen LogP contribution in [0.4, 0.5) is 5.69 Å². The van der Waals surface area contributed by atoms with Crippen molar-refractivity contribution in [3.05, 3.63) is 61.5 Å². The van der Waals surface area contributed by atoms with Crippen molar-refractivity contribution in [3.8, 4) is 0 Å². The van der Waals surface area contributed by atoms with Crippen LogP contribution in [0.1, 0.15) is 44.8 Å². The van der Waals surface area contributed by atoms with E-state index in [1.54, 1.807) is 34.8 Å². The van der Waals surface area contributed by atoms with Crippen molar-refractivity contribution in [1.82, 2.24) is 15.3 Å². The normalized spacial score (nSPS) is 13.1. The van der Waals surface area contributed by atoms with Gasteiger partial charge in [-0.15, -0.1) is 22.7 Å². The van der Waals surface area contributed by atoms with Crippen molar-refractivity contribution in [3.63, 3.8) is 0 Å². The third-order valence-electron chi connectivity index (χ3n) is 4.49. The molecule has 0 bridgehead atoms. The Morgan fingerprint density at radius 2 is 1.97 bits per heavy atom. The molecule has 0 fully saturated rings. The summed E-state index contributed by atoms with van der Waals surface area (Å²) in [6, 6.07) is 6.97. The largest absolute Gasteiger partial charge is 0.346 e. The van der Waals surface area contributed by atoms with Crippen molar-refractivity contribution in [2.24, 2.45) is 0 Å². The van der Waals surface area contributed by atoms with E-state index < -0.39 is 11.3 Å². The molecule has 1 unspecified atom stereocenters. The van der Waals surface area contributed by atoms with E-state index in [1.165, 1.54) is 0 Å². The van der Waals surface area contributed by atoms with Gasteiger partial charge < -0.3 is 5.32 Å². The molecule has 0 aliphatic carbocycles. The number of hydrogen-bond donors (Lipinski definition) is 3. The van der Waals surface area contributed by atoms with Gasteiger partial charge in [-0.3, -0.25) is 14.1 Å². The average Bonchev–Trinajstić information content (AvgIpc) is 3.28. The Morgan fingerprint density at radius 1 is 1.23 bits per heavy atom. The molecule has 2 atom stereocenters. The van der Waals surface area contributed by atoms with Gasteiger partial charge in [0.15, 0.2) is 0 Å². The van der Waals surface area contributed by atoms with Crippen LogP contribution >= 0.6 is 22.7 Å². The molecule has 2 heterocycles. The van der Waals surface area contributed by atoms with Gasteiger partial charge in [0.1, 0.15) is 5.01 Å². The molecule has 1 aromatic carbocycles. The number of thiazole rings is 2. The monoisotopic (exact) mass is 464 g/mol. The van der Waals surface area contributed by atoms with Crippen LogP contribution in [-0.2, 0) is 35.3 Å². The van der Waals surface area contributed by atoms with Gasteiger partial charge >= 0.3 is 0 Å². The zero-order chi connectivity index (χ0) is 21.7. The highest BCUT2D eigenvalue weighted by Crippen LogP contribution is 2.24. The first-order valence-corrected chi connectivity index (χ1v) is 12.3. The fourth-order valence-electron chi connectivity index (χ4n) is 3.02. The van der Waals surface area contributed by atoms with Crippen LogP contribution in [0.2, 0.25) is 0 Å². The lowest BCUT2D eigenvalue weighted by molar-refractivity contribution is -0.121. The van der Waals surface area contributed by atoms with Gasteiger partial charge in [-0.25, -0.2) is 14.2 Å². The number of nitrogens with zero attached hydrogens (tertiary/aromatic N) is 2. The van der Waals surface area contributed by atoms with Crippen molar-refractivity contribution >= 4 is 45.5 Å². The molecule has 0 saturated heterocycles. The minimum absolute atomic E-state index is 0.0874. The maximum atomic E-state index is 12.8. The average molecular weight is 465 g/mol. The van der Waals surface area contributed by atoms with Gasteiger partial charge in [0.2, 0.25) is 5.91 Å². The number of hydrogen-bond acceptors (Lipinski definition) is 6. The van der Waals surface area contributed by atoms with E-state index in [4.69, 9.17) is 4.55 Å². The van der Waals surface area contributed by atoms with Gasteiger partial charge in [-0.2, -0.15) is 0 Å². The molecular formula is C20H24N4O3S3. The first-order chi connectivity index (χ1) is 14.3. The summed E-state index contributed by atoms with van der Waals surface area (Å²) in [6.45, 7) is 5.97. The summed E-state index contributed by atoms with van der Waals surface area (Å²) in [7, 11) is 0. The maximum Gasteiger partial charge on any atom is 0.259 e. The van der Waals surface area contributed by atoms with Crippen molar-refractivity contribution in [1.29, 1.82) is 0 Å². The molecule has 1 amide bonds. The van der Waals surface area contributed by atoms with Gasteiger partial charge in [0, 0.05) is 15.9 Å². The number of anilines is 1. The SMILES string of the molecule is CCc1csc([C@H](Cc2ccc(NS(=O)O)cc2)NC(=O)Cc2nc(C)sc2C)n1. The summed E-state index contributed by atoms with van der Waals surface area (Å²) in [5, 5.41) is 6.96. The fourth-order valence-corrected chi connectivity index (χ4v) is 5.15. The standard InChI is InChI=1S/C20H24N4O3S3/c1-4-15-11-28-20(22-15)18(9-14-5-7-16(8-6-14)24-30(26)27)23-19(25)10-17-12(2)29-13(3)21-17/h5-8,11,18,24H,4,9-10H2,1-3H3,(H,23,25)(H,26,27)/t18-/m0/s1. The van der Waals surface area contributed by atoms with Crippen LogP contribution in [0.25, 0.3) is 0 Å². The van der Waals surface area contributed by atoms with Crippen LogP contribution in [-0.4, -0.2) is 24.6 Å². The summed E-state index contributed by atoms with van der Waals surface area (Å²) in [5.41, 5.74) is 3.36. The highest BCUT2D eigenvalue weighted by atomic mass is 32.2. The zero-order valence-electron chi connectivity index (χ0n) is 17.0. The summed E-state index contributed by atoms with van der Waals surface area (Å²) in [5.74, 6) is -0.0874. The summed E-state index contributed by atoms with van der Waals surface area (Å²) in [4.78, 5) is 22.9. The lowest BCUT2D eigenvalue weighted by Gasteiger charge is -2.17. The first-order valence-electron chi connectivity index (χ1n) is 9.47. The van der Waals surface area contributed by atoms with Gasteiger partial charge in [-0.1, -0.05) is 19.1 Å². The zero-order valence-corrected chi connectivity index (χ0v) is 19.4. The Hall–Kier alpha value is -2.14. The Bertz CT molecular complexity index is 1030. The van der Waals surface area contributed by atoms with E-state index in [1.807, 2.05) is 31.4 Å². The first kappa shape index (κ1) is 22.5. The van der Waals surface area contributed by atoms with E-state index in [0.29, 0.717) is 12.1 Å². The molecule has 2 aromatic heterocycles. The number of rotatable bonds is 9. The topological polar surface area (TPSA) is 104 Å². The molecule has 3 aromatic rings. The maximum absolute atomic E-state index is 12.8. The quantitative estimate of drug-likeness (QED) is 0.416. The molecule has 10 heteroatoms. The molecule has 0 spiro atoms. The third-order valence-corrected chi connectivity index (χ3v) is 6.84. The Balaban J connectivity index is 1.75. The van der Waals surface area contributed by atoms with Crippen LogP contribution in [0.3, 0.4) is 0 Å². The number of nitrogens with one attached hydrogen (secondary N) is 2. The Labute approximate surface area is 186 Å². The minimum Gasteiger partial charge on any atom is -0.346 e. The lowest BCUT2D eigenvalue weighted by Crippen LogP contribution is -2.31. The predicted molar refractivity (Wildman–Crippen MR) is 122 cm³/mol. The number of benzene rings is 1. The third kappa shape index (κ3) is 6.18. The summed E-state index contributed by atoms with van der Waals surface area (Å²) >= 11 is 1.03. The second-order valence-corrected chi connectivity index (χ2v) is 9.81. The molecule has 3 rings (SSSR count). The predicted octanol–water partition coefficient (Wildman–Crippen LogP) is 3.97. The van der Waals surface area contributed by atoms with Crippen molar-refractivity contribution in [2.75, 3.05) is 4.72 Å². The minimum atomic E-state index is -2.11. The van der Waals surface area contributed by atoms with Gasteiger partial charge in [-0.05, 0) is 44.4 Å². The van der Waals surface area contributed by atoms with Crippen LogP contribution < -0.4 is 10.0 Å². The fraction of sp³-hybridized carbons (Fsp3) is 0.350. The number of amides is 1. The van der Waals surface area contributed by atoms with Gasteiger partial charge in [0.25, 0.3) is 11.3 Å². The van der Waals surface area contributed by atoms with Gasteiger partial charge in [0.05, 0.1) is 28.9 Å². The highest BCUT2D eigenvalue weighted by Gasteiger charge is 2.20. The molecular weight excluding hydrogens is 440 g/mol. The molecule has 7 nitrogen and oxygen atoms in total. The number of aromatic nitrogens is 2. The summed E-state index contributed by atoms with van der Waals surface area (Å²) in [6.07, 6.45) is 1.65. The van der Waals surface area contributed by atoms with Crippen LogP contribution in [0.15, 0.2) is 29.6 Å². The number of aryl methyl sites for hydroxylation is 3. The van der Waals surface area contributed by atoms with Crippen molar-refractivity contribution in [2.45, 2.75) is 46.1 Å². The van der Waals surface area contributed by atoms with E-state index in [0.717, 1.165) is 38.3 Å². The van der Waals surface area contributed by atoms with Crippen LogP contribution in [0.5, 0.6) is 0 Å². The molecule has 30 heavy (non-hydrogen) atoms. The molecule has 160 valence electrons. The molecule has 0 aliphatic heterocycles. The Morgan fingerprint density at radius 3 is 2.53 bits per heavy atom. The second-order valence-electron chi connectivity index (χ2n) is 6.82. The highest BCUT2D eigenvalue weighted by molar-refractivity contribution is 7.80. The van der Waals surface area contributed by atoms with E-state index in [9.17, 15) is 9.00 Å².